The molecule has 0 aromatic carbocycles. The quantitative estimate of drug-likeness (QED) is 0.653. The van der Waals surface area contributed by atoms with E-state index >= 15 is 0 Å². The molecule has 0 unspecified atom stereocenters. The Labute approximate surface area is 90.3 Å². The summed E-state index contributed by atoms with van der Waals surface area (Å²) in [5.41, 5.74) is 4.53. The van der Waals surface area contributed by atoms with Crippen LogP contribution in [0.15, 0.2) is 12.7 Å². The number of Topliss-reactive ketones (excluding diaryl/α,β-unsaturated/α-hetero) is 2. The van der Waals surface area contributed by atoms with Crippen molar-refractivity contribution in [3.63, 3.8) is 0 Å². The maximum atomic E-state index is 9.47. The first kappa shape index (κ1) is 23.2. The highest BCUT2D eigenvalue weighted by Crippen LogP contribution is 1.51. The first-order valence-corrected chi connectivity index (χ1v) is 3.89. The van der Waals surface area contributed by atoms with E-state index in [1.165, 1.54) is 27.7 Å². The van der Waals surface area contributed by atoms with Crippen molar-refractivity contribution in [2.24, 2.45) is 5.73 Å². The molecule has 1 amide bonds. The third kappa shape index (κ3) is 26400. The zero-order valence-electron chi connectivity index (χ0n) is 9.70. The molecule has 0 radical (unpaired) electrons. The normalized spacial score (nSPS) is 5.87. The van der Waals surface area contributed by atoms with Crippen LogP contribution in [0, 0.1) is 0 Å². The summed E-state index contributed by atoms with van der Waals surface area (Å²) in [6.07, 6.45) is 1.06. The summed E-state index contributed by atoms with van der Waals surface area (Å²) in [7, 11) is 0. The number of carbonyl (C=O) groups excluding carboxylic acids is 4. The molecule has 0 bridgehead atoms. The van der Waals surface area contributed by atoms with Crippen LogP contribution in [0.25, 0.3) is 0 Å². The van der Waals surface area contributed by atoms with Crippen molar-refractivity contribution < 1.29 is 19.2 Å². The van der Waals surface area contributed by atoms with Crippen LogP contribution < -0.4 is 5.73 Å². The van der Waals surface area contributed by atoms with Gasteiger partial charge in [-0.25, -0.2) is 0 Å². The monoisotopic (exact) mass is 217 g/mol. The standard InChI is InChI=1S/C3H5NO.2C3H6O.CH2O/c1-2-3(4)5;2*1-3(2)4;1-2/h2H,1H2,(H2,4,5);2*1-2H3;1H2. The second-order valence-electron chi connectivity index (χ2n) is 2.42. The molecular weight excluding hydrogens is 198 g/mol. The Bertz CT molecular complexity index is 180. The second-order valence-corrected chi connectivity index (χ2v) is 2.42. The summed E-state index contributed by atoms with van der Waals surface area (Å²) in [5, 5.41) is 0. The third-order valence-electron chi connectivity index (χ3n) is 0.201. The average molecular weight is 217 g/mol. The Morgan fingerprint density at radius 1 is 0.933 bits per heavy atom. The molecule has 0 rings (SSSR count). The summed E-state index contributed by atoms with van der Waals surface area (Å²) in [6, 6.07) is 0. The SMILES string of the molecule is C=CC(N)=O.C=O.CC(C)=O.CC(C)=O. The summed E-state index contributed by atoms with van der Waals surface area (Å²) in [4.78, 5) is 36.4. The maximum absolute atomic E-state index is 9.47. The molecule has 88 valence electrons. The van der Waals surface area contributed by atoms with Gasteiger partial charge in [0.1, 0.15) is 18.4 Å². The number of carbonyl (C=O) groups is 4. The van der Waals surface area contributed by atoms with Crippen LogP contribution >= 0.6 is 0 Å². The molecule has 0 fully saturated rings. The Morgan fingerprint density at radius 2 is 1.00 bits per heavy atom. The van der Waals surface area contributed by atoms with Gasteiger partial charge in [0.25, 0.3) is 0 Å². The second kappa shape index (κ2) is 22.8. The van der Waals surface area contributed by atoms with Gasteiger partial charge >= 0.3 is 0 Å². The van der Waals surface area contributed by atoms with E-state index in [9.17, 15) is 14.4 Å². The van der Waals surface area contributed by atoms with Crippen molar-refractivity contribution in [3.8, 4) is 0 Å². The van der Waals surface area contributed by atoms with Crippen LogP contribution in [0.1, 0.15) is 27.7 Å². The predicted molar refractivity (Wildman–Crippen MR) is 59.2 cm³/mol. The van der Waals surface area contributed by atoms with Crippen molar-refractivity contribution in [1.82, 2.24) is 0 Å². The highest BCUT2D eigenvalue weighted by atomic mass is 16.1. The number of hydrogen-bond acceptors (Lipinski definition) is 4. The molecule has 0 spiro atoms. The van der Waals surface area contributed by atoms with Gasteiger partial charge in [-0.3, -0.25) is 4.79 Å². The van der Waals surface area contributed by atoms with Gasteiger partial charge in [0.15, 0.2) is 0 Å². The minimum absolute atomic E-state index is 0.167. The molecule has 0 saturated heterocycles. The van der Waals surface area contributed by atoms with Gasteiger partial charge in [0.05, 0.1) is 0 Å². The predicted octanol–water partition coefficient (Wildman–Crippen LogP) is 0.663. The topological polar surface area (TPSA) is 94.3 Å². The first-order valence-electron chi connectivity index (χ1n) is 3.89. The summed E-state index contributed by atoms with van der Waals surface area (Å²) < 4.78 is 0. The lowest BCUT2D eigenvalue weighted by Crippen LogP contribution is -2.04. The molecule has 0 atom stereocenters. The van der Waals surface area contributed by atoms with Crippen LogP contribution in [-0.2, 0) is 19.2 Å². The zero-order valence-corrected chi connectivity index (χ0v) is 9.70. The molecule has 5 heteroatoms. The fraction of sp³-hybridized carbons (Fsp3) is 0.400. The van der Waals surface area contributed by atoms with Gasteiger partial charge in [0, 0.05) is 0 Å². The highest BCUT2D eigenvalue weighted by molar-refractivity contribution is 5.84. The van der Waals surface area contributed by atoms with Crippen LogP contribution in [0.3, 0.4) is 0 Å². The van der Waals surface area contributed by atoms with E-state index in [0.717, 1.165) is 6.08 Å². The minimum atomic E-state index is -0.481. The number of ketones is 2. The van der Waals surface area contributed by atoms with Crippen LogP contribution in [0.2, 0.25) is 0 Å². The molecule has 0 aromatic heterocycles. The first-order chi connectivity index (χ1) is 6.73. The Kier molecular flexibility index (Phi) is 35.2. The minimum Gasteiger partial charge on any atom is -0.366 e. The lowest BCUT2D eigenvalue weighted by atomic mass is 10.6. The zero-order chi connectivity index (χ0) is 13.4. The summed E-state index contributed by atoms with van der Waals surface area (Å²) in [5.74, 6) is -0.148. The van der Waals surface area contributed by atoms with Crippen LogP contribution in [0.4, 0.5) is 0 Å². The average Bonchev–Trinajstić information content (AvgIpc) is 2.06. The fourth-order valence-corrected chi connectivity index (χ4v) is 0. The van der Waals surface area contributed by atoms with E-state index < -0.39 is 5.91 Å². The molecule has 0 heterocycles. The summed E-state index contributed by atoms with van der Waals surface area (Å²) >= 11 is 0. The van der Waals surface area contributed by atoms with Crippen molar-refractivity contribution in [2.45, 2.75) is 27.7 Å². The van der Waals surface area contributed by atoms with Crippen molar-refractivity contribution in [1.29, 1.82) is 0 Å². The van der Waals surface area contributed by atoms with Crippen LogP contribution in [0.5, 0.6) is 0 Å². The molecule has 0 aliphatic carbocycles. The van der Waals surface area contributed by atoms with E-state index in [2.05, 4.69) is 12.3 Å². The number of rotatable bonds is 1. The van der Waals surface area contributed by atoms with Crippen LogP contribution in [-0.4, -0.2) is 24.3 Å². The molecule has 0 aliphatic heterocycles. The van der Waals surface area contributed by atoms with Gasteiger partial charge in [-0.05, 0) is 33.8 Å². The molecule has 5 nitrogen and oxygen atoms in total. The lowest BCUT2D eigenvalue weighted by Gasteiger charge is -1.65. The molecule has 0 aliphatic rings. The van der Waals surface area contributed by atoms with Crippen molar-refractivity contribution in [2.75, 3.05) is 0 Å². The number of amides is 1. The molecule has 0 saturated carbocycles. The summed E-state index contributed by atoms with van der Waals surface area (Å²) in [6.45, 7) is 11.2. The van der Waals surface area contributed by atoms with E-state index in [1.807, 2.05) is 6.79 Å². The van der Waals surface area contributed by atoms with Gasteiger partial charge in [-0.2, -0.15) is 0 Å². The van der Waals surface area contributed by atoms with Crippen molar-refractivity contribution >= 4 is 24.3 Å². The van der Waals surface area contributed by atoms with Gasteiger partial charge in [0.2, 0.25) is 5.91 Å². The molecule has 2 N–H and O–H groups in total. The highest BCUT2D eigenvalue weighted by Gasteiger charge is 1.69. The Hall–Kier alpha value is -1.78. The number of nitrogens with two attached hydrogens (primary N) is 1. The van der Waals surface area contributed by atoms with E-state index in [-0.39, 0.29) is 11.6 Å². The largest absolute Gasteiger partial charge is 0.366 e. The fourth-order valence-electron chi connectivity index (χ4n) is 0. The van der Waals surface area contributed by atoms with E-state index in [0.29, 0.717) is 0 Å². The maximum Gasteiger partial charge on any atom is 0.240 e. The van der Waals surface area contributed by atoms with Gasteiger partial charge < -0.3 is 20.1 Å². The third-order valence-corrected chi connectivity index (χ3v) is 0.201. The number of primary amides is 1. The van der Waals surface area contributed by atoms with E-state index in [4.69, 9.17) is 4.79 Å². The van der Waals surface area contributed by atoms with Gasteiger partial charge in [-0.1, -0.05) is 6.58 Å². The molecule has 0 aromatic rings. The van der Waals surface area contributed by atoms with Crippen molar-refractivity contribution in [3.05, 3.63) is 12.7 Å². The Balaban J connectivity index is -0.0000000562. The molecule has 15 heavy (non-hydrogen) atoms. The molecular formula is C10H19NO4. The lowest BCUT2D eigenvalue weighted by molar-refractivity contribution is -0.115. The van der Waals surface area contributed by atoms with Gasteiger partial charge in [-0.15, -0.1) is 0 Å². The Morgan fingerprint density at radius 3 is 1.00 bits per heavy atom. The smallest absolute Gasteiger partial charge is 0.240 e. The van der Waals surface area contributed by atoms with E-state index in [1.54, 1.807) is 0 Å². The number of hydrogen-bond donors (Lipinski definition) is 1.